The number of hydrogen-bond acceptors (Lipinski definition) is 3. The van der Waals surface area contributed by atoms with Crippen LogP contribution < -0.4 is 5.32 Å². The summed E-state index contributed by atoms with van der Waals surface area (Å²) in [5, 5.41) is 11.8. The molecular weight excluding hydrogens is 226 g/mol. The SMILES string of the molecule is CC(C)C(C#N)CCC(=O)NCc1ccncc1. The highest BCUT2D eigenvalue weighted by atomic mass is 16.1. The molecule has 0 spiro atoms. The number of carbonyl (C=O) groups is 1. The third kappa shape index (κ3) is 4.96. The predicted octanol–water partition coefficient (Wildman–Crippen LogP) is 2.27. The smallest absolute Gasteiger partial charge is 0.220 e. The first kappa shape index (κ1) is 14.2. The maximum atomic E-state index is 11.6. The third-order valence-electron chi connectivity index (χ3n) is 2.89. The standard InChI is InChI=1S/C14H19N3O/c1-11(2)13(9-15)3-4-14(18)17-10-12-5-7-16-8-6-12/h5-8,11,13H,3-4,10H2,1-2H3,(H,17,18). The number of carbonyl (C=O) groups excluding carboxylic acids is 1. The van der Waals surface area contributed by atoms with E-state index in [1.54, 1.807) is 12.4 Å². The van der Waals surface area contributed by atoms with Crippen LogP contribution in [0.2, 0.25) is 0 Å². The zero-order chi connectivity index (χ0) is 13.4. The van der Waals surface area contributed by atoms with E-state index in [-0.39, 0.29) is 11.8 Å². The average molecular weight is 245 g/mol. The van der Waals surface area contributed by atoms with E-state index in [0.717, 1.165) is 5.56 Å². The van der Waals surface area contributed by atoms with Crippen molar-refractivity contribution < 1.29 is 4.79 Å². The Morgan fingerprint density at radius 1 is 1.44 bits per heavy atom. The largest absolute Gasteiger partial charge is 0.352 e. The number of rotatable bonds is 6. The van der Waals surface area contributed by atoms with Gasteiger partial charge in [0, 0.05) is 31.3 Å². The van der Waals surface area contributed by atoms with Gasteiger partial charge in [0.15, 0.2) is 0 Å². The summed E-state index contributed by atoms with van der Waals surface area (Å²) in [6.45, 7) is 4.52. The van der Waals surface area contributed by atoms with Crippen molar-refractivity contribution in [2.45, 2.75) is 33.2 Å². The van der Waals surface area contributed by atoms with E-state index < -0.39 is 0 Å². The first-order valence-corrected chi connectivity index (χ1v) is 6.18. The Kier molecular flexibility index (Phi) is 5.86. The molecule has 0 aromatic carbocycles. The molecule has 1 aromatic rings. The molecule has 0 radical (unpaired) electrons. The number of nitrogens with one attached hydrogen (secondary N) is 1. The molecule has 0 bridgehead atoms. The van der Waals surface area contributed by atoms with Crippen LogP contribution in [0.5, 0.6) is 0 Å². The second-order valence-corrected chi connectivity index (χ2v) is 4.65. The summed E-state index contributed by atoms with van der Waals surface area (Å²) in [7, 11) is 0. The van der Waals surface area contributed by atoms with Crippen LogP contribution in [-0.2, 0) is 11.3 Å². The van der Waals surface area contributed by atoms with Crippen LogP contribution in [0.1, 0.15) is 32.3 Å². The molecule has 1 heterocycles. The van der Waals surface area contributed by atoms with Crippen LogP contribution in [-0.4, -0.2) is 10.9 Å². The molecule has 1 aromatic heterocycles. The van der Waals surface area contributed by atoms with E-state index in [1.807, 2.05) is 26.0 Å². The zero-order valence-electron chi connectivity index (χ0n) is 10.9. The summed E-state index contributed by atoms with van der Waals surface area (Å²) in [6, 6.07) is 5.98. The molecule has 0 saturated carbocycles. The van der Waals surface area contributed by atoms with Crippen molar-refractivity contribution in [3.63, 3.8) is 0 Å². The van der Waals surface area contributed by atoms with Crippen LogP contribution in [0.3, 0.4) is 0 Å². The molecule has 1 rings (SSSR count). The summed E-state index contributed by atoms with van der Waals surface area (Å²) in [6.07, 6.45) is 4.43. The molecule has 96 valence electrons. The van der Waals surface area contributed by atoms with E-state index >= 15 is 0 Å². The van der Waals surface area contributed by atoms with Gasteiger partial charge in [-0.1, -0.05) is 13.8 Å². The maximum absolute atomic E-state index is 11.6. The summed E-state index contributed by atoms with van der Waals surface area (Å²) in [4.78, 5) is 15.5. The molecular formula is C14H19N3O. The number of aromatic nitrogens is 1. The second-order valence-electron chi connectivity index (χ2n) is 4.65. The maximum Gasteiger partial charge on any atom is 0.220 e. The molecule has 1 unspecified atom stereocenters. The average Bonchev–Trinajstić information content (AvgIpc) is 2.38. The van der Waals surface area contributed by atoms with Crippen LogP contribution in [0.4, 0.5) is 0 Å². The third-order valence-corrected chi connectivity index (χ3v) is 2.89. The van der Waals surface area contributed by atoms with E-state index in [4.69, 9.17) is 5.26 Å². The lowest BCUT2D eigenvalue weighted by Gasteiger charge is -2.12. The summed E-state index contributed by atoms with van der Waals surface area (Å²) < 4.78 is 0. The van der Waals surface area contributed by atoms with E-state index in [0.29, 0.717) is 25.3 Å². The molecule has 0 saturated heterocycles. The van der Waals surface area contributed by atoms with Crippen molar-refractivity contribution in [1.82, 2.24) is 10.3 Å². The molecule has 4 nitrogen and oxygen atoms in total. The van der Waals surface area contributed by atoms with Gasteiger partial charge < -0.3 is 5.32 Å². The monoisotopic (exact) mass is 245 g/mol. The van der Waals surface area contributed by atoms with Gasteiger partial charge in [-0.3, -0.25) is 9.78 Å². The van der Waals surface area contributed by atoms with Gasteiger partial charge in [-0.25, -0.2) is 0 Å². The lowest BCUT2D eigenvalue weighted by molar-refractivity contribution is -0.121. The van der Waals surface area contributed by atoms with Gasteiger partial charge in [0.05, 0.1) is 6.07 Å². The Hall–Kier alpha value is -1.89. The number of nitrogens with zero attached hydrogens (tertiary/aromatic N) is 2. The van der Waals surface area contributed by atoms with E-state index in [1.165, 1.54) is 0 Å². The lowest BCUT2D eigenvalue weighted by atomic mass is 9.92. The highest BCUT2D eigenvalue weighted by molar-refractivity contribution is 5.75. The quantitative estimate of drug-likeness (QED) is 0.836. The van der Waals surface area contributed by atoms with Gasteiger partial charge >= 0.3 is 0 Å². The molecule has 1 amide bonds. The summed E-state index contributed by atoms with van der Waals surface area (Å²) in [5.41, 5.74) is 1.03. The normalized spacial score (nSPS) is 11.9. The van der Waals surface area contributed by atoms with Gasteiger partial charge in [-0.15, -0.1) is 0 Å². The number of pyridine rings is 1. The van der Waals surface area contributed by atoms with Gasteiger partial charge in [0.2, 0.25) is 5.91 Å². The van der Waals surface area contributed by atoms with Crippen LogP contribution >= 0.6 is 0 Å². The molecule has 0 aliphatic carbocycles. The fraction of sp³-hybridized carbons (Fsp3) is 0.500. The van der Waals surface area contributed by atoms with E-state index in [2.05, 4.69) is 16.4 Å². The van der Waals surface area contributed by atoms with Crippen molar-refractivity contribution in [1.29, 1.82) is 5.26 Å². The first-order chi connectivity index (χ1) is 8.63. The molecule has 4 heteroatoms. The van der Waals surface area contributed by atoms with Gasteiger partial charge in [-0.2, -0.15) is 5.26 Å². The Labute approximate surface area is 108 Å². The highest BCUT2D eigenvalue weighted by Crippen LogP contribution is 2.15. The molecule has 1 N–H and O–H groups in total. The zero-order valence-corrected chi connectivity index (χ0v) is 10.9. The fourth-order valence-electron chi connectivity index (χ4n) is 1.62. The number of nitriles is 1. The number of hydrogen-bond donors (Lipinski definition) is 1. The lowest BCUT2D eigenvalue weighted by Crippen LogP contribution is -2.23. The van der Waals surface area contributed by atoms with Crippen LogP contribution in [0, 0.1) is 23.2 Å². The van der Waals surface area contributed by atoms with E-state index in [9.17, 15) is 4.79 Å². The highest BCUT2D eigenvalue weighted by Gasteiger charge is 2.13. The molecule has 18 heavy (non-hydrogen) atoms. The molecule has 0 aliphatic heterocycles. The Bertz CT molecular complexity index is 409. The molecule has 1 atom stereocenters. The van der Waals surface area contributed by atoms with Crippen molar-refractivity contribution >= 4 is 5.91 Å². The van der Waals surface area contributed by atoms with Crippen molar-refractivity contribution in [2.75, 3.05) is 0 Å². The van der Waals surface area contributed by atoms with Gasteiger partial charge in [-0.05, 0) is 30.0 Å². The Morgan fingerprint density at radius 3 is 2.67 bits per heavy atom. The minimum absolute atomic E-state index is 0.00675. The Morgan fingerprint density at radius 2 is 2.11 bits per heavy atom. The summed E-state index contributed by atoms with van der Waals surface area (Å²) in [5.74, 6) is 0.243. The number of amides is 1. The fourth-order valence-corrected chi connectivity index (χ4v) is 1.62. The minimum atomic E-state index is -0.0447. The van der Waals surface area contributed by atoms with Crippen LogP contribution in [0.15, 0.2) is 24.5 Å². The van der Waals surface area contributed by atoms with Gasteiger partial charge in [0.25, 0.3) is 0 Å². The summed E-state index contributed by atoms with van der Waals surface area (Å²) >= 11 is 0. The minimum Gasteiger partial charge on any atom is -0.352 e. The molecule has 0 aliphatic rings. The second kappa shape index (κ2) is 7.44. The van der Waals surface area contributed by atoms with Crippen LogP contribution in [0.25, 0.3) is 0 Å². The van der Waals surface area contributed by atoms with Crippen molar-refractivity contribution in [3.8, 4) is 6.07 Å². The predicted molar refractivity (Wildman–Crippen MR) is 69.3 cm³/mol. The van der Waals surface area contributed by atoms with Crippen molar-refractivity contribution in [3.05, 3.63) is 30.1 Å². The molecule has 0 fully saturated rings. The van der Waals surface area contributed by atoms with Crippen molar-refractivity contribution in [2.24, 2.45) is 11.8 Å². The first-order valence-electron chi connectivity index (χ1n) is 6.18. The topological polar surface area (TPSA) is 65.8 Å². The van der Waals surface area contributed by atoms with Gasteiger partial charge in [0.1, 0.15) is 0 Å². The Balaban J connectivity index is 2.28.